The van der Waals surface area contributed by atoms with Gasteiger partial charge in [0.1, 0.15) is 0 Å². The van der Waals surface area contributed by atoms with Crippen molar-refractivity contribution >= 4 is 18.5 Å². The molecule has 1 heterocycles. The van der Waals surface area contributed by atoms with Crippen molar-refractivity contribution in [2.24, 2.45) is 0 Å². The zero-order chi connectivity index (χ0) is 9.19. The minimum atomic E-state index is -1.98. The van der Waals surface area contributed by atoms with Gasteiger partial charge in [0.2, 0.25) is 0 Å². The summed E-state index contributed by atoms with van der Waals surface area (Å²) in [6.45, 7) is 3.03. The third-order valence-corrected chi connectivity index (χ3v) is 1.52. The van der Waals surface area contributed by atoms with E-state index in [9.17, 15) is 9.59 Å². The van der Waals surface area contributed by atoms with Gasteiger partial charge in [0.25, 0.3) is 11.9 Å². The zero-order valence-electron chi connectivity index (χ0n) is 7.04. The van der Waals surface area contributed by atoms with Gasteiger partial charge in [-0.05, 0) is 13.2 Å². The number of hydrogen-bond acceptors (Lipinski definition) is 4. The van der Waals surface area contributed by atoms with Crippen LogP contribution in [0.4, 0.5) is 0 Å². The summed E-state index contributed by atoms with van der Waals surface area (Å²) in [5, 5.41) is 0. The lowest BCUT2D eigenvalue weighted by atomic mass is 9.63. The fourth-order valence-corrected chi connectivity index (χ4v) is 1.08. The molecule has 66 valence electrons. The minimum Gasteiger partial charge on any atom is -0.617 e. The van der Waals surface area contributed by atoms with Crippen molar-refractivity contribution in [2.45, 2.75) is 26.1 Å². The average Bonchev–Trinajstić information content (AvgIpc) is 1.81. The monoisotopic (exact) mass is 170 g/mol. The van der Waals surface area contributed by atoms with Crippen LogP contribution in [0.5, 0.6) is 0 Å². The van der Waals surface area contributed by atoms with Gasteiger partial charge in [-0.3, -0.25) is 9.59 Å². The summed E-state index contributed by atoms with van der Waals surface area (Å²) in [4.78, 5) is 21.8. The molecule has 1 aliphatic heterocycles. The van der Waals surface area contributed by atoms with E-state index < -0.39 is 6.55 Å². The van der Waals surface area contributed by atoms with Gasteiger partial charge < -0.3 is 9.31 Å². The molecule has 0 aromatic carbocycles. The molecule has 1 saturated heterocycles. The third kappa shape index (κ3) is 2.49. The van der Waals surface area contributed by atoms with Gasteiger partial charge in [0.05, 0.1) is 0 Å². The van der Waals surface area contributed by atoms with Gasteiger partial charge >= 0.3 is 6.55 Å². The van der Waals surface area contributed by atoms with Crippen LogP contribution in [-0.4, -0.2) is 18.5 Å². The van der Waals surface area contributed by atoms with Crippen LogP contribution in [0.15, 0.2) is 0 Å². The summed E-state index contributed by atoms with van der Waals surface area (Å²) in [7, 11) is 0. The molecule has 0 aliphatic carbocycles. The highest BCUT2D eigenvalue weighted by Gasteiger charge is 2.34. The van der Waals surface area contributed by atoms with Crippen molar-refractivity contribution in [3.05, 3.63) is 6.82 Å². The Bertz CT molecular complexity index is 191. The molecule has 0 saturated carbocycles. The predicted octanol–water partition coefficient (Wildman–Crippen LogP) is 0.702. The molecule has 12 heavy (non-hydrogen) atoms. The molecule has 0 unspecified atom stereocenters. The van der Waals surface area contributed by atoms with Gasteiger partial charge in [0.15, 0.2) is 0 Å². The van der Waals surface area contributed by atoms with E-state index >= 15 is 0 Å². The molecular weight excluding hydrogens is 159 g/mol. The van der Waals surface area contributed by atoms with E-state index in [4.69, 9.17) is 9.31 Å². The lowest BCUT2D eigenvalue weighted by molar-refractivity contribution is -0.143. The first-order valence-electron chi connectivity index (χ1n) is 3.98. The lowest BCUT2D eigenvalue weighted by Crippen LogP contribution is -2.41. The average molecular weight is 170 g/mol. The Labute approximate surface area is 71.2 Å². The normalized spacial score (nSPS) is 23.4. The van der Waals surface area contributed by atoms with Gasteiger partial charge in [-0.1, -0.05) is 6.82 Å². The summed E-state index contributed by atoms with van der Waals surface area (Å²) in [5.41, 5.74) is 0. The zero-order valence-corrected chi connectivity index (χ0v) is 7.04. The summed E-state index contributed by atoms with van der Waals surface area (Å²) in [6.07, 6.45) is 1.02. The molecule has 1 rings (SSSR count). The van der Waals surface area contributed by atoms with Crippen LogP contribution in [0.3, 0.4) is 0 Å². The maximum atomic E-state index is 10.9. The van der Waals surface area contributed by atoms with E-state index in [0.717, 1.165) is 0 Å². The van der Waals surface area contributed by atoms with Gasteiger partial charge in [0, 0.05) is 12.8 Å². The van der Waals surface area contributed by atoms with Crippen LogP contribution in [-0.2, 0) is 18.9 Å². The van der Waals surface area contributed by atoms with Gasteiger partial charge in [-0.15, -0.1) is 0 Å². The first kappa shape index (κ1) is 8.97. The molecule has 4 nitrogen and oxygen atoms in total. The number of carbonyl (C=O) groups is 2. The van der Waals surface area contributed by atoms with Crippen molar-refractivity contribution < 1.29 is 18.9 Å². The van der Waals surface area contributed by atoms with E-state index in [1.807, 2.05) is 0 Å². The fraction of sp³-hybridized carbons (Fsp3) is 0.571. The van der Waals surface area contributed by atoms with E-state index in [-0.39, 0.29) is 24.8 Å². The second kappa shape index (κ2) is 3.09. The van der Waals surface area contributed by atoms with Crippen molar-refractivity contribution in [1.29, 1.82) is 0 Å². The second-order valence-electron chi connectivity index (χ2n) is 3.14. The molecule has 0 aromatic rings. The van der Waals surface area contributed by atoms with Crippen molar-refractivity contribution in [1.82, 2.24) is 0 Å². The molecule has 0 bridgehead atoms. The van der Waals surface area contributed by atoms with Crippen molar-refractivity contribution in [2.75, 3.05) is 0 Å². The minimum absolute atomic E-state index is 0.266. The van der Waals surface area contributed by atoms with Crippen molar-refractivity contribution in [3.8, 4) is 0 Å². The quantitative estimate of drug-likeness (QED) is 0.396. The second-order valence-corrected chi connectivity index (χ2v) is 3.14. The van der Waals surface area contributed by atoms with Crippen LogP contribution < -0.4 is 0 Å². The summed E-state index contributed by atoms with van der Waals surface area (Å²) >= 11 is 0. The maximum Gasteiger partial charge on any atom is 0.549 e. The highest BCUT2D eigenvalue weighted by molar-refractivity contribution is 6.70. The first-order valence-corrected chi connectivity index (χ1v) is 3.98. The topological polar surface area (TPSA) is 52.6 Å². The van der Waals surface area contributed by atoms with Gasteiger partial charge in [-0.25, -0.2) is 0 Å². The van der Waals surface area contributed by atoms with E-state index in [1.165, 1.54) is 6.82 Å². The SMILES string of the molecule is [CH2+][B-]1(C)OC(=O)CCCC(=O)O1. The maximum absolute atomic E-state index is 10.9. The molecule has 0 spiro atoms. The standard InChI is InChI=1S/C7H11BO4/c1-8(2)11-6(9)4-3-5-7(10)12-8/h1,3-5H2,2H3. The van der Waals surface area contributed by atoms with Gasteiger partial charge in [-0.2, -0.15) is 0 Å². The molecule has 0 atom stereocenters. The Balaban J connectivity index is 2.64. The predicted molar refractivity (Wildman–Crippen MR) is 43.0 cm³/mol. The Morgan fingerprint density at radius 1 is 1.25 bits per heavy atom. The van der Waals surface area contributed by atoms with Crippen LogP contribution >= 0.6 is 0 Å². The largest absolute Gasteiger partial charge is 0.617 e. The van der Waals surface area contributed by atoms with Crippen LogP contribution in [0, 0.1) is 6.82 Å². The summed E-state index contributed by atoms with van der Waals surface area (Å²) in [5.74, 6) is -0.694. The van der Waals surface area contributed by atoms with E-state index in [0.29, 0.717) is 6.42 Å². The molecule has 1 fully saturated rings. The number of carbonyl (C=O) groups excluding carboxylic acids is 2. The Morgan fingerprint density at radius 2 is 1.67 bits per heavy atom. The van der Waals surface area contributed by atoms with Crippen molar-refractivity contribution in [3.63, 3.8) is 0 Å². The number of rotatable bonds is 0. The Hall–Kier alpha value is -1.13. The lowest BCUT2D eigenvalue weighted by Gasteiger charge is -2.28. The smallest absolute Gasteiger partial charge is 0.549 e. The van der Waals surface area contributed by atoms with Crippen LogP contribution in [0.1, 0.15) is 19.3 Å². The van der Waals surface area contributed by atoms with E-state index in [2.05, 4.69) is 6.82 Å². The summed E-state index contributed by atoms with van der Waals surface area (Å²) < 4.78 is 9.64. The highest BCUT2D eigenvalue weighted by Crippen LogP contribution is 2.14. The third-order valence-electron chi connectivity index (χ3n) is 1.52. The summed E-state index contributed by atoms with van der Waals surface area (Å²) in [6, 6.07) is 0. The number of hydrogen-bond donors (Lipinski definition) is 0. The molecule has 0 N–H and O–H groups in total. The molecule has 1 aliphatic rings. The first-order chi connectivity index (χ1) is 5.49. The molecule has 0 aromatic heterocycles. The van der Waals surface area contributed by atoms with E-state index in [1.54, 1.807) is 0 Å². The molecule has 5 heteroatoms. The molecule has 0 amide bonds. The van der Waals surface area contributed by atoms with Crippen LogP contribution in [0.2, 0.25) is 6.82 Å². The fourth-order valence-electron chi connectivity index (χ4n) is 1.08. The molecular formula is C7H11BO4. The molecule has 0 radical (unpaired) electrons. The Morgan fingerprint density at radius 3 is 2.08 bits per heavy atom. The highest BCUT2D eigenvalue weighted by atomic mass is 16.6. The Kier molecular flexibility index (Phi) is 2.31. The van der Waals surface area contributed by atoms with Crippen LogP contribution in [0.25, 0.3) is 0 Å².